The summed E-state index contributed by atoms with van der Waals surface area (Å²) in [5, 5.41) is 48.1. The summed E-state index contributed by atoms with van der Waals surface area (Å²) in [5.41, 5.74) is 11.0. The van der Waals surface area contributed by atoms with Gasteiger partial charge in [0.1, 0.15) is 48.8 Å². The van der Waals surface area contributed by atoms with Crippen molar-refractivity contribution in [2.45, 2.75) is 136 Å². The Morgan fingerprint density at radius 1 is 0.557 bits per heavy atom. The highest BCUT2D eigenvalue weighted by Crippen LogP contribution is 2.13. The van der Waals surface area contributed by atoms with Crippen molar-refractivity contribution in [2.75, 3.05) is 18.8 Å². The summed E-state index contributed by atoms with van der Waals surface area (Å²) in [5.74, 6) is -11.1. The van der Waals surface area contributed by atoms with Crippen molar-refractivity contribution in [1.82, 2.24) is 42.5 Å². The molecule has 0 unspecified atom stereocenters. The first kappa shape index (κ1) is 55.9. The highest BCUT2D eigenvalue weighted by atomic mass is 32.1. The van der Waals surface area contributed by atoms with Crippen molar-refractivity contribution in [1.29, 1.82) is 0 Å². The number of thiol groups is 1. The average Bonchev–Trinajstić information content (AvgIpc) is 3.19. The number of aliphatic hydroxyl groups is 2. The Morgan fingerprint density at radius 3 is 1.44 bits per heavy atom. The number of hydrogen-bond acceptors (Lipinski definition) is 14. The van der Waals surface area contributed by atoms with Gasteiger partial charge in [-0.1, -0.05) is 54.4 Å². The minimum absolute atomic E-state index is 0.315. The van der Waals surface area contributed by atoms with Crippen molar-refractivity contribution in [2.24, 2.45) is 29.2 Å². The number of nitrogens with two attached hydrogens (primary N) is 2. The van der Waals surface area contributed by atoms with Gasteiger partial charge in [-0.15, -0.1) is 0 Å². The molecule has 0 aromatic rings. The van der Waals surface area contributed by atoms with Crippen LogP contribution in [-0.2, 0) is 47.9 Å². The van der Waals surface area contributed by atoms with E-state index in [4.69, 9.17) is 16.6 Å². The van der Waals surface area contributed by atoms with Crippen LogP contribution in [0.15, 0.2) is 0 Å². The average molecular weight is 891 g/mol. The molecule has 23 nitrogen and oxygen atoms in total. The highest BCUT2D eigenvalue weighted by molar-refractivity contribution is 7.80. The van der Waals surface area contributed by atoms with Gasteiger partial charge < -0.3 is 69.3 Å². The van der Waals surface area contributed by atoms with Crippen molar-refractivity contribution in [3.05, 3.63) is 0 Å². The third kappa shape index (κ3) is 19.9. The summed E-state index contributed by atoms with van der Waals surface area (Å²) in [6, 6.07) is -9.83. The second-order valence-electron chi connectivity index (χ2n) is 15.2. The number of nitrogens with one attached hydrogen (secondary N) is 8. The third-order valence-electron chi connectivity index (χ3n) is 9.71. The predicted octanol–water partition coefficient (Wildman–Crippen LogP) is -4.76. The van der Waals surface area contributed by atoms with Crippen LogP contribution in [0.1, 0.15) is 81.1 Å². The summed E-state index contributed by atoms with van der Waals surface area (Å²) in [7, 11) is 0. The first-order valence-corrected chi connectivity index (χ1v) is 20.6. The molecule has 0 spiro atoms. The van der Waals surface area contributed by atoms with Crippen molar-refractivity contribution < 1.29 is 63.3 Å². The smallest absolute Gasteiger partial charge is 0.322 e. The SMILES string of the molecule is CC[C@H](C)[C@H](NC(=O)[C@H](CCC(N)=O)NC(=O)[C@@H](NC(=O)[C@H](CS)NC(=O)[C@@H](NC(=O)[C@@H](N)[C@@H](C)O)[C@@H](C)CC)[C@@H](C)O)C(=O)N[C@H](C(=O)NCC(=O)NCC(=O)O)C(C)C. The van der Waals surface area contributed by atoms with Gasteiger partial charge in [0.25, 0.3) is 0 Å². The summed E-state index contributed by atoms with van der Waals surface area (Å²) in [6.07, 6.45) is -2.90. The second kappa shape index (κ2) is 27.7. The lowest BCUT2D eigenvalue weighted by Crippen LogP contribution is -2.63. The van der Waals surface area contributed by atoms with Gasteiger partial charge in [-0.2, -0.15) is 12.6 Å². The molecule has 0 aromatic heterocycles. The number of aliphatic hydroxyl groups excluding tert-OH is 2. The molecule has 0 aromatic carbocycles. The number of amides is 9. The van der Waals surface area contributed by atoms with Gasteiger partial charge in [0, 0.05) is 12.2 Å². The van der Waals surface area contributed by atoms with E-state index in [1.807, 2.05) is 0 Å². The number of carboxylic acid groups (broad SMARTS) is 1. The van der Waals surface area contributed by atoms with Crippen LogP contribution in [0.4, 0.5) is 0 Å². The minimum Gasteiger partial charge on any atom is -0.480 e. The first-order chi connectivity index (χ1) is 28.3. The molecule has 15 N–H and O–H groups in total. The van der Waals surface area contributed by atoms with Crippen molar-refractivity contribution >= 4 is 71.8 Å². The standard InChI is InChI=1S/C37H66N10O13S/c1-9-17(5)28(46-33(56)26(39)19(7)48)35(58)43-22(15-61)32(55)47-30(20(8)49)37(60)42-21(11-12-23(38)50)31(54)45-29(18(6)10-2)36(59)44-27(16(3)4)34(57)41-13-24(51)40-14-25(52)53/h16-22,26-30,48-49,61H,9-15,39H2,1-8H3,(H2,38,50)(H,40,51)(H,41,57)(H,42,60)(H,43,58)(H,44,59)(H,45,54)(H,46,56)(H,47,55)(H,52,53)/t17-,18-,19+,20+,21-,22-,26-,27-,28-,29-,30-/m0/s1. The van der Waals surface area contributed by atoms with Gasteiger partial charge in [-0.3, -0.25) is 47.9 Å². The molecular formula is C37H66N10O13S. The molecule has 0 fully saturated rings. The molecule has 0 aliphatic rings. The molecule has 0 rings (SSSR count). The summed E-state index contributed by atoms with van der Waals surface area (Å²) in [6.45, 7) is 11.1. The van der Waals surface area contributed by atoms with Crippen LogP contribution >= 0.6 is 12.6 Å². The molecule has 0 saturated carbocycles. The zero-order chi connectivity index (χ0) is 47.3. The lowest BCUT2D eigenvalue weighted by molar-refractivity contribution is -0.138. The van der Waals surface area contributed by atoms with E-state index in [-0.39, 0.29) is 12.2 Å². The lowest BCUT2D eigenvalue weighted by Gasteiger charge is -2.30. The van der Waals surface area contributed by atoms with E-state index in [1.165, 1.54) is 6.92 Å². The Bertz CT molecular complexity index is 1550. The maximum absolute atomic E-state index is 13.8. The number of primary amides is 1. The number of carbonyl (C=O) groups is 10. The lowest BCUT2D eigenvalue weighted by atomic mass is 9.95. The molecule has 0 heterocycles. The van der Waals surface area contributed by atoms with Gasteiger partial charge in [-0.05, 0) is 38.0 Å². The van der Waals surface area contributed by atoms with Gasteiger partial charge in [0.15, 0.2) is 0 Å². The van der Waals surface area contributed by atoms with E-state index >= 15 is 0 Å². The molecule has 0 radical (unpaired) electrons. The Labute approximate surface area is 360 Å². The molecule has 0 aliphatic carbocycles. The Balaban J connectivity index is 6.24. The normalized spacial score (nSPS) is 16.5. The van der Waals surface area contributed by atoms with Crippen LogP contribution in [0.25, 0.3) is 0 Å². The van der Waals surface area contributed by atoms with Crippen LogP contribution in [0.5, 0.6) is 0 Å². The fraction of sp³-hybridized carbons (Fsp3) is 0.730. The number of aliphatic carboxylic acids is 1. The van der Waals surface area contributed by atoms with Crippen LogP contribution < -0.4 is 54.0 Å². The van der Waals surface area contributed by atoms with Gasteiger partial charge in [0.2, 0.25) is 53.2 Å². The fourth-order valence-electron chi connectivity index (χ4n) is 5.35. The monoisotopic (exact) mass is 890 g/mol. The molecule has 0 aliphatic heterocycles. The predicted molar refractivity (Wildman–Crippen MR) is 223 cm³/mol. The molecule has 0 bridgehead atoms. The maximum atomic E-state index is 13.8. The Hall–Kier alpha value is -5.07. The van der Waals surface area contributed by atoms with E-state index in [2.05, 4.69) is 55.2 Å². The van der Waals surface area contributed by atoms with Crippen LogP contribution in [-0.4, -0.2) is 148 Å². The number of hydrogen-bond donors (Lipinski definition) is 14. The van der Waals surface area contributed by atoms with Crippen molar-refractivity contribution in [3.63, 3.8) is 0 Å². The number of rotatable bonds is 28. The largest absolute Gasteiger partial charge is 0.480 e. The Morgan fingerprint density at radius 2 is 1.00 bits per heavy atom. The molecule has 9 amide bonds. The topological polar surface area (TPSA) is 380 Å². The molecule has 11 atom stereocenters. The van der Waals surface area contributed by atoms with E-state index in [0.717, 1.165) is 6.92 Å². The van der Waals surface area contributed by atoms with Crippen molar-refractivity contribution in [3.8, 4) is 0 Å². The zero-order valence-electron chi connectivity index (χ0n) is 35.9. The Kier molecular flexibility index (Phi) is 25.4. The second-order valence-corrected chi connectivity index (χ2v) is 15.5. The van der Waals surface area contributed by atoms with E-state index in [1.54, 1.807) is 41.5 Å². The summed E-state index contributed by atoms with van der Waals surface area (Å²) < 4.78 is 0. The van der Waals surface area contributed by atoms with Gasteiger partial charge in [-0.25, -0.2) is 0 Å². The fourth-order valence-corrected chi connectivity index (χ4v) is 5.61. The maximum Gasteiger partial charge on any atom is 0.322 e. The highest BCUT2D eigenvalue weighted by Gasteiger charge is 2.37. The van der Waals surface area contributed by atoms with E-state index < -0.39 is 151 Å². The van der Waals surface area contributed by atoms with Crippen LogP contribution in [0.3, 0.4) is 0 Å². The van der Waals surface area contributed by atoms with Gasteiger partial charge in [0.05, 0.1) is 18.8 Å². The van der Waals surface area contributed by atoms with Crippen LogP contribution in [0, 0.1) is 17.8 Å². The number of carboxylic acids is 1. The molecule has 0 saturated heterocycles. The zero-order valence-corrected chi connectivity index (χ0v) is 36.8. The third-order valence-corrected chi connectivity index (χ3v) is 10.1. The first-order valence-electron chi connectivity index (χ1n) is 19.9. The van der Waals surface area contributed by atoms with E-state index in [0.29, 0.717) is 12.8 Å². The summed E-state index contributed by atoms with van der Waals surface area (Å²) in [4.78, 5) is 128. The summed E-state index contributed by atoms with van der Waals surface area (Å²) >= 11 is 4.14. The van der Waals surface area contributed by atoms with E-state index in [9.17, 15) is 58.2 Å². The molecule has 61 heavy (non-hydrogen) atoms. The molecule has 348 valence electrons. The number of carbonyl (C=O) groups excluding carboxylic acids is 9. The quantitative estimate of drug-likeness (QED) is 0.0328. The van der Waals surface area contributed by atoms with Crippen LogP contribution in [0.2, 0.25) is 0 Å². The molecular weight excluding hydrogens is 825 g/mol. The molecule has 24 heteroatoms. The van der Waals surface area contributed by atoms with Gasteiger partial charge >= 0.3 is 5.97 Å². The minimum atomic E-state index is -1.75.